The van der Waals surface area contributed by atoms with E-state index in [4.69, 9.17) is 16.3 Å². The zero-order chi connectivity index (χ0) is 27.4. The van der Waals surface area contributed by atoms with Crippen molar-refractivity contribution < 1.29 is 9.53 Å². The Morgan fingerprint density at radius 1 is 1.00 bits per heavy atom. The Kier molecular flexibility index (Phi) is 8.92. The van der Waals surface area contributed by atoms with Gasteiger partial charge in [-0.2, -0.15) is 0 Å². The van der Waals surface area contributed by atoms with E-state index in [1.165, 1.54) is 11.1 Å². The first-order valence-corrected chi connectivity index (χ1v) is 14.8. The molecule has 0 amide bonds. The summed E-state index contributed by atoms with van der Waals surface area (Å²) in [7, 11) is 0. The van der Waals surface area contributed by atoms with Crippen molar-refractivity contribution in [2.24, 2.45) is 5.92 Å². The number of ketones is 1. The fraction of sp³-hybridized carbons (Fsp3) is 0.387. The van der Waals surface area contributed by atoms with E-state index in [0.717, 1.165) is 53.9 Å². The van der Waals surface area contributed by atoms with Gasteiger partial charge in [0.05, 0.1) is 30.3 Å². The maximum atomic E-state index is 13.8. The number of aromatic nitrogens is 3. The van der Waals surface area contributed by atoms with E-state index >= 15 is 0 Å². The van der Waals surface area contributed by atoms with Gasteiger partial charge in [0.2, 0.25) is 0 Å². The molecule has 8 heteroatoms. The molecule has 0 atom stereocenters. The monoisotopic (exact) mass is 562 g/mol. The molecule has 1 fully saturated rings. The maximum absolute atomic E-state index is 13.8. The standard InChI is InChI=1S/C31H35ClN4O2S/c1-21(2)18-24-10-8-23(9-11-24)12-13-25-19-27(30(37)26-6-4-5-7-28(26)32)31(39-25)36-22(3)33-34-29(36)20-35-14-16-38-17-15-35/h4-11,19,21H,12-18,20H2,1-3H3. The Morgan fingerprint density at radius 2 is 1.72 bits per heavy atom. The van der Waals surface area contributed by atoms with Gasteiger partial charge in [-0.3, -0.25) is 14.3 Å². The Morgan fingerprint density at radius 3 is 2.44 bits per heavy atom. The van der Waals surface area contributed by atoms with Gasteiger partial charge >= 0.3 is 0 Å². The molecule has 0 N–H and O–H groups in total. The third-order valence-corrected chi connectivity index (χ3v) is 8.53. The van der Waals surface area contributed by atoms with Crippen LogP contribution in [-0.2, 0) is 30.5 Å². The normalized spacial score (nSPS) is 14.3. The molecule has 0 bridgehead atoms. The molecule has 2 aromatic carbocycles. The summed E-state index contributed by atoms with van der Waals surface area (Å²) in [6.07, 6.45) is 2.84. The van der Waals surface area contributed by atoms with E-state index < -0.39 is 0 Å². The number of carbonyl (C=O) groups is 1. The highest BCUT2D eigenvalue weighted by atomic mass is 35.5. The van der Waals surface area contributed by atoms with E-state index in [1.807, 2.05) is 25.1 Å². The van der Waals surface area contributed by atoms with Crippen LogP contribution in [0.5, 0.6) is 0 Å². The Bertz CT molecular complexity index is 1420. The van der Waals surface area contributed by atoms with Crippen LogP contribution in [0, 0.1) is 12.8 Å². The third-order valence-electron chi connectivity index (χ3n) is 7.02. The number of ether oxygens (including phenoxy) is 1. The topological polar surface area (TPSA) is 60.2 Å². The van der Waals surface area contributed by atoms with Gasteiger partial charge in [0.25, 0.3) is 0 Å². The van der Waals surface area contributed by atoms with E-state index in [-0.39, 0.29) is 5.78 Å². The first-order valence-electron chi connectivity index (χ1n) is 13.6. The van der Waals surface area contributed by atoms with Crippen LogP contribution in [0.15, 0.2) is 54.6 Å². The molecule has 204 valence electrons. The van der Waals surface area contributed by atoms with Crippen molar-refractivity contribution in [3.8, 4) is 5.00 Å². The van der Waals surface area contributed by atoms with Crippen molar-refractivity contribution in [2.75, 3.05) is 26.3 Å². The Balaban J connectivity index is 1.46. The number of benzene rings is 2. The van der Waals surface area contributed by atoms with E-state index in [0.29, 0.717) is 41.8 Å². The van der Waals surface area contributed by atoms with Crippen LogP contribution < -0.4 is 0 Å². The minimum absolute atomic E-state index is 0.0819. The zero-order valence-electron chi connectivity index (χ0n) is 22.8. The highest BCUT2D eigenvalue weighted by Crippen LogP contribution is 2.33. The largest absolute Gasteiger partial charge is 0.379 e. The lowest BCUT2D eigenvalue weighted by Crippen LogP contribution is -2.36. The SMILES string of the molecule is Cc1nnc(CN2CCOCC2)n1-c1sc(CCc2ccc(CC(C)C)cc2)cc1C(=O)c1ccccc1Cl. The Labute approximate surface area is 239 Å². The van der Waals surface area contributed by atoms with Crippen LogP contribution in [0.1, 0.15) is 57.4 Å². The molecule has 1 aliphatic heterocycles. The molecule has 4 aromatic rings. The summed E-state index contributed by atoms with van der Waals surface area (Å²) in [6, 6.07) is 18.2. The molecule has 3 heterocycles. The molecular weight excluding hydrogens is 528 g/mol. The predicted octanol–water partition coefficient (Wildman–Crippen LogP) is 6.34. The molecule has 39 heavy (non-hydrogen) atoms. The van der Waals surface area contributed by atoms with E-state index in [2.05, 4.69) is 57.8 Å². The highest BCUT2D eigenvalue weighted by Gasteiger charge is 2.25. The number of hydrogen-bond acceptors (Lipinski definition) is 6. The molecule has 0 radical (unpaired) electrons. The van der Waals surface area contributed by atoms with Gasteiger partial charge in [0, 0.05) is 23.5 Å². The molecule has 0 unspecified atom stereocenters. The van der Waals surface area contributed by atoms with Gasteiger partial charge in [-0.15, -0.1) is 21.5 Å². The minimum Gasteiger partial charge on any atom is -0.379 e. The second-order valence-corrected chi connectivity index (χ2v) is 12.1. The van der Waals surface area contributed by atoms with Crippen molar-refractivity contribution in [1.82, 2.24) is 19.7 Å². The molecule has 6 nitrogen and oxygen atoms in total. The van der Waals surface area contributed by atoms with Gasteiger partial charge in [-0.1, -0.05) is 61.8 Å². The lowest BCUT2D eigenvalue weighted by Gasteiger charge is -2.26. The van der Waals surface area contributed by atoms with Crippen molar-refractivity contribution in [1.29, 1.82) is 0 Å². The molecular formula is C31H35ClN4O2S. The van der Waals surface area contributed by atoms with Crippen LogP contribution in [0.25, 0.3) is 5.00 Å². The first-order chi connectivity index (χ1) is 18.9. The number of hydrogen-bond donors (Lipinski definition) is 0. The van der Waals surface area contributed by atoms with Gasteiger partial charge in [-0.25, -0.2) is 0 Å². The zero-order valence-corrected chi connectivity index (χ0v) is 24.4. The van der Waals surface area contributed by atoms with Gasteiger partial charge in [-0.05, 0) is 61.4 Å². The fourth-order valence-corrected chi connectivity index (χ4v) is 6.43. The van der Waals surface area contributed by atoms with Crippen molar-refractivity contribution in [3.63, 3.8) is 0 Å². The third kappa shape index (κ3) is 6.67. The number of nitrogens with zero attached hydrogens (tertiary/aromatic N) is 4. The van der Waals surface area contributed by atoms with Crippen molar-refractivity contribution >= 4 is 28.7 Å². The molecule has 0 aliphatic carbocycles. The molecule has 0 spiro atoms. The summed E-state index contributed by atoms with van der Waals surface area (Å²) in [4.78, 5) is 17.3. The number of thiophene rings is 1. The molecule has 1 saturated heterocycles. The molecule has 2 aromatic heterocycles. The fourth-order valence-electron chi connectivity index (χ4n) is 4.99. The van der Waals surface area contributed by atoms with Gasteiger partial charge < -0.3 is 4.74 Å². The number of aryl methyl sites for hydroxylation is 3. The average molecular weight is 563 g/mol. The van der Waals surface area contributed by atoms with Crippen LogP contribution >= 0.6 is 22.9 Å². The van der Waals surface area contributed by atoms with E-state index in [1.54, 1.807) is 23.5 Å². The smallest absolute Gasteiger partial charge is 0.197 e. The number of morpholine rings is 1. The van der Waals surface area contributed by atoms with Crippen LogP contribution in [0.2, 0.25) is 5.02 Å². The molecule has 1 aliphatic rings. The molecule has 5 rings (SSSR count). The van der Waals surface area contributed by atoms with E-state index in [9.17, 15) is 4.79 Å². The first kappa shape index (κ1) is 27.7. The van der Waals surface area contributed by atoms with Crippen LogP contribution in [0.4, 0.5) is 0 Å². The quantitative estimate of drug-likeness (QED) is 0.211. The summed E-state index contributed by atoms with van der Waals surface area (Å²) in [5.41, 5.74) is 3.81. The summed E-state index contributed by atoms with van der Waals surface area (Å²) in [5.74, 6) is 2.16. The summed E-state index contributed by atoms with van der Waals surface area (Å²) in [6.45, 7) is 10.2. The maximum Gasteiger partial charge on any atom is 0.197 e. The average Bonchev–Trinajstić information content (AvgIpc) is 3.51. The van der Waals surface area contributed by atoms with Crippen molar-refractivity contribution in [3.05, 3.63) is 98.4 Å². The Hall–Kier alpha value is -2.84. The lowest BCUT2D eigenvalue weighted by molar-refractivity contribution is 0.0328. The minimum atomic E-state index is -0.0819. The van der Waals surface area contributed by atoms with Crippen molar-refractivity contribution in [2.45, 2.75) is 46.6 Å². The second-order valence-electron chi connectivity index (χ2n) is 10.5. The van der Waals surface area contributed by atoms with Crippen LogP contribution in [-0.4, -0.2) is 51.8 Å². The van der Waals surface area contributed by atoms with Crippen LogP contribution in [0.3, 0.4) is 0 Å². The highest BCUT2D eigenvalue weighted by molar-refractivity contribution is 7.15. The predicted molar refractivity (Wildman–Crippen MR) is 157 cm³/mol. The number of rotatable bonds is 10. The number of carbonyl (C=O) groups excluding carboxylic acids is 1. The van der Waals surface area contributed by atoms with Gasteiger partial charge in [0.15, 0.2) is 11.6 Å². The lowest BCUT2D eigenvalue weighted by atomic mass is 10.00. The van der Waals surface area contributed by atoms with Gasteiger partial charge in [0.1, 0.15) is 10.8 Å². The summed E-state index contributed by atoms with van der Waals surface area (Å²) in [5, 5.41) is 10.2. The second kappa shape index (κ2) is 12.6. The summed E-state index contributed by atoms with van der Waals surface area (Å²) >= 11 is 8.11. The number of halogens is 1. The summed E-state index contributed by atoms with van der Waals surface area (Å²) < 4.78 is 7.57. The molecule has 0 saturated carbocycles.